The molecule has 0 aliphatic rings. The molecule has 4 radical (unpaired) electrons. The average Bonchev–Trinajstić information content (AvgIpc) is 1.39. The van der Waals surface area contributed by atoms with Crippen molar-refractivity contribution in [1.29, 1.82) is 0 Å². The van der Waals surface area contributed by atoms with Crippen LogP contribution in [0.3, 0.4) is 0 Å². The van der Waals surface area contributed by atoms with Crippen molar-refractivity contribution >= 4 is 17.6 Å². The monoisotopic (exact) mass is 166 g/mol. The van der Waals surface area contributed by atoms with Crippen LogP contribution >= 0.6 is 0 Å². The number of hydrogen-bond acceptors (Lipinski definition) is 6. The molecule has 0 aliphatic heterocycles. The van der Waals surface area contributed by atoms with Crippen molar-refractivity contribution in [3.05, 3.63) is 20.2 Å². The molecule has 0 unspecified atom stereocenters. The second kappa shape index (κ2) is 55.9. The van der Waals surface area contributed by atoms with Gasteiger partial charge in [0.25, 0.3) is 0 Å². The molecule has 0 bridgehead atoms. The zero-order valence-corrected chi connectivity index (χ0v) is 5.13. The van der Waals surface area contributed by atoms with Gasteiger partial charge in [0.05, 0.1) is 0 Å². The van der Waals surface area contributed by atoms with E-state index in [2.05, 4.69) is 0 Å². The molecule has 0 heterocycles. The van der Waals surface area contributed by atoms with E-state index in [4.69, 9.17) is 20.2 Å². The first-order valence-electron chi connectivity index (χ1n) is 0.730. The van der Waals surface area contributed by atoms with Gasteiger partial charge in [0.2, 0.25) is 0 Å². The first kappa shape index (κ1) is 16.2. The molecular formula is GeN2O4-2. The summed E-state index contributed by atoms with van der Waals surface area (Å²) in [5.74, 6) is 0. The molecule has 0 N–H and O–H groups in total. The zero-order chi connectivity index (χ0) is 5.41. The minimum absolute atomic E-state index is 0. The van der Waals surface area contributed by atoms with E-state index in [0.717, 1.165) is 10.7 Å². The van der Waals surface area contributed by atoms with E-state index in [-0.39, 0.29) is 17.6 Å². The first-order chi connectivity index (χ1) is 2.83. The molecule has 40 valence electrons. The van der Waals surface area contributed by atoms with Crippen molar-refractivity contribution in [1.82, 2.24) is 0 Å². The molecule has 7 heteroatoms. The maximum absolute atomic E-state index is 8.00. The topological polar surface area (TPSA) is 105 Å². The van der Waals surface area contributed by atoms with Crippen LogP contribution in [0.2, 0.25) is 0 Å². The minimum atomic E-state index is 0. The molecule has 0 aromatic carbocycles. The van der Waals surface area contributed by atoms with Crippen LogP contribution in [-0.2, 0) is 0 Å². The maximum Gasteiger partial charge on any atom is 0 e. The standard InChI is InChI=1S/Ge.2HNO2/c;2*2-1-3/h;2*(H,2,3)/p-2. The predicted molar refractivity (Wildman–Crippen MR) is 24.1 cm³/mol. The quantitative estimate of drug-likeness (QED) is 0.288. The fourth-order valence-corrected chi connectivity index (χ4v) is 0. The van der Waals surface area contributed by atoms with Crippen molar-refractivity contribution < 1.29 is 0 Å². The Morgan fingerprint density at radius 3 is 1.00 bits per heavy atom. The Morgan fingerprint density at radius 1 is 1.00 bits per heavy atom. The zero-order valence-electron chi connectivity index (χ0n) is 3.03. The summed E-state index contributed by atoms with van der Waals surface area (Å²) in [7, 11) is 0. The molecule has 0 aliphatic carbocycles. The molecule has 0 aromatic rings. The van der Waals surface area contributed by atoms with E-state index in [1.165, 1.54) is 0 Å². The van der Waals surface area contributed by atoms with Gasteiger partial charge in [-0.25, -0.2) is 0 Å². The first-order valence-corrected chi connectivity index (χ1v) is 0.730. The normalized spacial score (nSPS) is 3.43. The van der Waals surface area contributed by atoms with Crippen LogP contribution in [0.15, 0.2) is 10.7 Å². The van der Waals surface area contributed by atoms with Crippen molar-refractivity contribution in [2.45, 2.75) is 0 Å². The van der Waals surface area contributed by atoms with Crippen molar-refractivity contribution in [3.63, 3.8) is 0 Å². The van der Waals surface area contributed by atoms with Crippen LogP contribution in [0.5, 0.6) is 0 Å². The molecule has 0 saturated heterocycles. The molecule has 0 amide bonds. The minimum Gasteiger partial charge on any atom is -0.444 e. The Labute approximate surface area is 49.4 Å². The van der Waals surface area contributed by atoms with E-state index >= 15 is 0 Å². The SMILES string of the molecule is O=N[O-].O=N[O-].[Ge]. The molecule has 0 rings (SSSR count). The third-order valence-corrected chi connectivity index (χ3v) is 0. The summed E-state index contributed by atoms with van der Waals surface area (Å²) in [6.07, 6.45) is 0. The molecule has 0 aromatic heterocycles. The van der Waals surface area contributed by atoms with Gasteiger partial charge >= 0.3 is 0 Å². The van der Waals surface area contributed by atoms with E-state index in [9.17, 15) is 0 Å². The summed E-state index contributed by atoms with van der Waals surface area (Å²) in [6.45, 7) is 0. The van der Waals surface area contributed by atoms with Crippen LogP contribution in [0.25, 0.3) is 0 Å². The van der Waals surface area contributed by atoms with Crippen LogP contribution in [0, 0.1) is 20.2 Å². The second-order valence-electron chi connectivity index (χ2n) is 0.149. The van der Waals surface area contributed by atoms with E-state index in [1.807, 2.05) is 0 Å². The molecule has 6 nitrogen and oxygen atoms in total. The number of rotatable bonds is 0. The largest absolute Gasteiger partial charge is 0.444 e. The van der Waals surface area contributed by atoms with Gasteiger partial charge in [-0.1, -0.05) is 0 Å². The fraction of sp³-hybridized carbons (Fsp3) is 0. The van der Waals surface area contributed by atoms with Gasteiger partial charge in [-0.3, -0.25) is 0 Å². The average molecular weight is 165 g/mol. The van der Waals surface area contributed by atoms with Crippen LogP contribution in [-0.4, -0.2) is 17.6 Å². The molecular weight excluding hydrogens is 165 g/mol. The molecule has 7 heavy (non-hydrogen) atoms. The number of hydrogen-bond donors (Lipinski definition) is 0. The summed E-state index contributed by atoms with van der Waals surface area (Å²) in [5, 5.41) is 18.0. The third-order valence-electron chi connectivity index (χ3n) is 0. The second-order valence-corrected chi connectivity index (χ2v) is 0.149. The smallest absolute Gasteiger partial charge is 0 e. The van der Waals surface area contributed by atoms with Crippen LogP contribution in [0.4, 0.5) is 0 Å². The molecule has 0 atom stereocenters. The maximum atomic E-state index is 8.00. The van der Waals surface area contributed by atoms with Gasteiger partial charge in [0.15, 0.2) is 0 Å². The predicted octanol–water partition coefficient (Wildman–Crippen LogP) is 0.120. The molecule has 0 spiro atoms. The van der Waals surface area contributed by atoms with Crippen LogP contribution < -0.4 is 0 Å². The van der Waals surface area contributed by atoms with Gasteiger partial charge in [-0.2, -0.15) is 0 Å². The fourth-order valence-electron chi connectivity index (χ4n) is 0. The van der Waals surface area contributed by atoms with Crippen molar-refractivity contribution in [2.75, 3.05) is 0 Å². The van der Waals surface area contributed by atoms with Gasteiger partial charge in [0, 0.05) is 17.6 Å². The van der Waals surface area contributed by atoms with Gasteiger partial charge < -0.3 is 20.2 Å². The summed E-state index contributed by atoms with van der Waals surface area (Å²) >= 11 is 0. The van der Waals surface area contributed by atoms with Gasteiger partial charge in [0.1, 0.15) is 0 Å². The summed E-state index contributed by atoms with van der Waals surface area (Å²) in [5.41, 5.74) is 0. The summed E-state index contributed by atoms with van der Waals surface area (Å²) in [6, 6.07) is 0. The molecule has 0 fully saturated rings. The van der Waals surface area contributed by atoms with Crippen molar-refractivity contribution in [2.24, 2.45) is 10.7 Å². The van der Waals surface area contributed by atoms with Gasteiger partial charge in [-0.05, 0) is 0 Å². The summed E-state index contributed by atoms with van der Waals surface area (Å²) in [4.78, 5) is 16.0. The van der Waals surface area contributed by atoms with Crippen molar-refractivity contribution in [3.8, 4) is 0 Å². The molecule has 0 saturated carbocycles. The Kier molecular flexibility index (Phi) is 129. The van der Waals surface area contributed by atoms with Gasteiger partial charge in [-0.15, -0.1) is 10.7 Å². The van der Waals surface area contributed by atoms with E-state index in [1.54, 1.807) is 0 Å². The van der Waals surface area contributed by atoms with Crippen LogP contribution in [0.1, 0.15) is 0 Å². The van der Waals surface area contributed by atoms with E-state index in [0.29, 0.717) is 0 Å². The summed E-state index contributed by atoms with van der Waals surface area (Å²) < 4.78 is 0. The van der Waals surface area contributed by atoms with E-state index < -0.39 is 0 Å². The number of nitrogens with zero attached hydrogens (tertiary/aromatic N) is 2. The Morgan fingerprint density at radius 2 is 1.00 bits per heavy atom. The third kappa shape index (κ3) is 138. The Balaban J connectivity index is -0.0000000400. The Bertz CT molecular complexity index is 30.7. The Hall–Kier alpha value is -0.657.